The van der Waals surface area contributed by atoms with Crippen LogP contribution in [0.25, 0.3) is 11.0 Å². The molecule has 3 heterocycles. The molecule has 0 radical (unpaired) electrons. The number of pyridine rings is 2. The van der Waals surface area contributed by atoms with Gasteiger partial charge >= 0.3 is 11.2 Å². The number of benzene rings is 2. The predicted molar refractivity (Wildman–Crippen MR) is 142 cm³/mol. The van der Waals surface area contributed by atoms with Crippen molar-refractivity contribution in [2.45, 2.75) is 6.04 Å². The molecule has 1 saturated heterocycles. The maximum absolute atomic E-state index is 13.7. The van der Waals surface area contributed by atoms with Crippen molar-refractivity contribution >= 4 is 34.0 Å². The van der Waals surface area contributed by atoms with Gasteiger partial charge in [-0.05, 0) is 41.5 Å². The fourth-order valence-electron chi connectivity index (χ4n) is 5.04. The lowest BCUT2D eigenvalue weighted by atomic mass is 9.96. The van der Waals surface area contributed by atoms with Crippen LogP contribution in [-0.4, -0.2) is 45.6 Å². The molecular formula is C27H21ClF2N6O3. The average molecular weight is 551 g/mol. The molecule has 0 unspecified atom stereocenters. The van der Waals surface area contributed by atoms with Crippen LogP contribution >= 0.6 is 11.6 Å². The summed E-state index contributed by atoms with van der Waals surface area (Å²) in [5.41, 5.74) is 0.478. The van der Waals surface area contributed by atoms with Crippen LogP contribution in [0.4, 0.5) is 20.2 Å². The number of halogens is 3. The number of rotatable bonds is 5. The van der Waals surface area contributed by atoms with Gasteiger partial charge in [-0.25, -0.2) is 13.8 Å². The van der Waals surface area contributed by atoms with E-state index in [1.165, 1.54) is 37.4 Å². The molecule has 4 aromatic rings. The topological polar surface area (TPSA) is 108 Å². The first-order valence-electron chi connectivity index (χ1n) is 12.0. The largest absolute Gasteiger partial charge is 0.361 e. The molecule has 9 nitrogen and oxygen atoms in total. The Morgan fingerprint density at radius 1 is 1.03 bits per heavy atom. The van der Waals surface area contributed by atoms with E-state index in [-0.39, 0.29) is 58.2 Å². The zero-order valence-electron chi connectivity index (χ0n) is 20.6. The van der Waals surface area contributed by atoms with Gasteiger partial charge in [0.15, 0.2) is 11.4 Å². The third kappa shape index (κ3) is 4.80. The lowest BCUT2D eigenvalue weighted by Crippen LogP contribution is -2.48. The van der Waals surface area contributed by atoms with Crippen LogP contribution in [0.5, 0.6) is 0 Å². The standard InChI is InChI=1S/C27H21ClF2N6O3/c1-33-22-14-20(28)21(15-31)32-23(22)25(26(27(33)37)36(38)39)35-12-10-34(11-13-35)24(16-2-6-18(29)7-3-16)17-4-8-19(30)9-5-17/h2-9,14,24H,10-13H2,1H3. The van der Waals surface area contributed by atoms with Crippen LogP contribution in [0.2, 0.25) is 5.02 Å². The molecule has 0 bridgehead atoms. The van der Waals surface area contributed by atoms with Gasteiger partial charge in [-0.3, -0.25) is 19.8 Å². The van der Waals surface area contributed by atoms with Crippen molar-refractivity contribution in [1.82, 2.24) is 14.5 Å². The van der Waals surface area contributed by atoms with Crippen molar-refractivity contribution in [1.29, 1.82) is 5.26 Å². The molecule has 2 aromatic carbocycles. The Kier molecular flexibility index (Phi) is 6.99. The molecule has 0 saturated carbocycles. The fourth-order valence-corrected chi connectivity index (χ4v) is 5.23. The first-order chi connectivity index (χ1) is 18.7. The summed E-state index contributed by atoms with van der Waals surface area (Å²) in [4.78, 5) is 32.5. The minimum absolute atomic E-state index is 0.0334. The van der Waals surface area contributed by atoms with Gasteiger partial charge in [0.2, 0.25) is 0 Å². The number of aryl methyl sites for hydroxylation is 1. The van der Waals surface area contributed by atoms with Gasteiger partial charge in [0.25, 0.3) is 0 Å². The molecule has 1 aliphatic heterocycles. The maximum Gasteiger partial charge on any atom is 0.359 e. The first-order valence-corrected chi connectivity index (χ1v) is 12.3. The molecule has 2 aromatic heterocycles. The molecule has 1 fully saturated rings. The van der Waals surface area contributed by atoms with Gasteiger partial charge in [-0.15, -0.1) is 0 Å². The minimum atomic E-state index is -0.817. The lowest BCUT2D eigenvalue weighted by Gasteiger charge is -2.40. The molecular weight excluding hydrogens is 530 g/mol. The number of aromatic nitrogens is 2. The molecule has 1 aliphatic rings. The summed E-state index contributed by atoms with van der Waals surface area (Å²) in [5, 5.41) is 21.6. The normalized spacial score (nSPS) is 14.1. The predicted octanol–water partition coefficient (Wildman–Crippen LogP) is 4.56. The number of anilines is 1. The molecule has 0 aliphatic carbocycles. The third-order valence-electron chi connectivity index (χ3n) is 6.93. The monoisotopic (exact) mass is 550 g/mol. The van der Waals surface area contributed by atoms with E-state index < -0.39 is 16.2 Å². The molecule has 0 amide bonds. The SMILES string of the molecule is Cn1c(=O)c([N+](=O)[O-])c(N2CCN(C(c3ccc(F)cc3)c3ccc(F)cc3)CC2)c2nc(C#N)c(Cl)cc21. The van der Waals surface area contributed by atoms with Crippen LogP contribution in [0, 0.1) is 33.1 Å². The highest BCUT2D eigenvalue weighted by Crippen LogP contribution is 2.36. The Labute approximate surface area is 226 Å². The Morgan fingerprint density at radius 2 is 1.56 bits per heavy atom. The molecule has 0 spiro atoms. The zero-order valence-corrected chi connectivity index (χ0v) is 21.4. The van der Waals surface area contributed by atoms with Crippen LogP contribution in [-0.2, 0) is 7.05 Å². The summed E-state index contributed by atoms with van der Waals surface area (Å²) in [5.74, 6) is -0.758. The van der Waals surface area contributed by atoms with Crippen LogP contribution in [0.1, 0.15) is 22.9 Å². The van der Waals surface area contributed by atoms with Crippen molar-refractivity contribution in [2.24, 2.45) is 7.05 Å². The summed E-state index contributed by atoms with van der Waals surface area (Å²) < 4.78 is 28.4. The lowest BCUT2D eigenvalue weighted by molar-refractivity contribution is -0.385. The van der Waals surface area contributed by atoms with Crippen LogP contribution in [0.15, 0.2) is 59.4 Å². The van der Waals surface area contributed by atoms with E-state index in [2.05, 4.69) is 9.88 Å². The maximum atomic E-state index is 13.7. The zero-order chi connectivity index (χ0) is 27.8. The number of hydrogen-bond donors (Lipinski definition) is 0. The van der Waals surface area contributed by atoms with Crippen molar-refractivity contribution in [2.75, 3.05) is 31.1 Å². The third-order valence-corrected chi connectivity index (χ3v) is 7.22. The summed E-state index contributed by atoms with van der Waals surface area (Å²) in [6.07, 6.45) is 0. The second-order valence-corrected chi connectivity index (χ2v) is 9.55. The molecule has 39 heavy (non-hydrogen) atoms. The van der Waals surface area contributed by atoms with E-state index in [0.717, 1.165) is 15.7 Å². The van der Waals surface area contributed by atoms with E-state index >= 15 is 0 Å². The minimum Gasteiger partial charge on any atom is -0.361 e. The number of nitriles is 1. The van der Waals surface area contributed by atoms with Crippen molar-refractivity contribution in [3.05, 3.63) is 109 Å². The quantitative estimate of drug-likeness (QED) is 0.265. The smallest absolute Gasteiger partial charge is 0.359 e. The van der Waals surface area contributed by atoms with E-state index in [0.29, 0.717) is 13.1 Å². The second kappa shape index (κ2) is 10.4. The molecule has 0 atom stereocenters. The summed E-state index contributed by atoms with van der Waals surface area (Å²) in [7, 11) is 1.39. The number of nitro groups is 1. The van der Waals surface area contributed by atoms with Gasteiger partial charge in [0, 0.05) is 33.2 Å². The first kappa shape index (κ1) is 26.2. The van der Waals surface area contributed by atoms with Gasteiger partial charge in [0.1, 0.15) is 23.2 Å². The van der Waals surface area contributed by atoms with Crippen molar-refractivity contribution in [3.63, 3.8) is 0 Å². The highest BCUT2D eigenvalue weighted by atomic mass is 35.5. The Morgan fingerprint density at radius 3 is 2.05 bits per heavy atom. The number of piperazine rings is 1. The van der Waals surface area contributed by atoms with E-state index in [4.69, 9.17) is 11.6 Å². The van der Waals surface area contributed by atoms with Crippen LogP contribution in [0.3, 0.4) is 0 Å². The summed E-state index contributed by atoms with van der Waals surface area (Å²) in [6, 6.07) is 15.1. The van der Waals surface area contributed by atoms with Crippen molar-refractivity contribution < 1.29 is 13.7 Å². The average Bonchev–Trinajstić information content (AvgIpc) is 2.93. The second-order valence-electron chi connectivity index (χ2n) is 9.15. The highest BCUT2D eigenvalue weighted by molar-refractivity contribution is 6.32. The molecule has 0 N–H and O–H groups in total. The number of nitrogens with zero attached hydrogens (tertiary/aromatic N) is 6. The number of fused-ring (bicyclic) bond motifs is 1. The van der Waals surface area contributed by atoms with Gasteiger partial charge in [-0.1, -0.05) is 35.9 Å². The van der Waals surface area contributed by atoms with Gasteiger partial charge in [0.05, 0.1) is 21.5 Å². The Hall–Kier alpha value is -4.40. The summed E-state index contributed by atoms with van der Waals surface area (Å²) >= 11 is 6.16. The van der Waals surface area contributed by atoms with E-state index in [1.807, 2.05) is 6.07 Å². The Bertz CT molecular complexity index is 1630. The van der Waals surface area contributed by atoms with E-state index in [9.17, 15) is 29.0 Å². The molecule has 198 valence electrons. The van der Waals surface area contributed by atoms with Crippen LogP contribution < -0.4 is 10.5 Å². The molecule has 12 heteroatoms. The Balaban J connectivity index is 1.56. The summed E-state index contributed by atoms with van der Waals surface area (Å²) in [6.45, 7) is 1.39. The number of hydrogen-bond acceptors (Lipinski definition) is 7. The van der Waals surface area contributed by atoms with Gasteiger partial charge in [-0.2, -0.15) is 5.26 Å². The van der Waals surface area contributed by atoms with E-state index in [1.54, 1.807) is 29.2 Å². The highest BCUT2D eigenvalue weighted by Gasteiger charge is 2.34. The molecule has 5 rings (SSSR count). The fraction of sp³-hybridized carbons (Fsp3) is 0.222. The van der Waals surface area contributed by atoms with Crippen molar-refractivity contribution in [3.8, 4) is 6.07 Å². The van der Waals surface area contributed by atoms with Gasteiger partial charge < -0.3 is 9.47 Å².